The minimum atomic E-state index is -1.97. The van der Waals surface area contributed by atoms with Crippen LogP contribution in [-0.2, 0) is 60.7 Å². The molecule has 0 radical (unpaired) electrons. The Hall–Kier alpha value is -5.89. The molecule has 2 heterocycles. The van der Waals surface area contributed by atoms with Gasteiger partial charge in [-0.15, -0.1) is 0 Å². The van der Waals surface area contributed by atoms with Gasteiger partial charge in [0.05, 0.1) is 5.60 Å². The third-order valence-corrected chi connectivity index (χ3v) is 16.4. The van der Waals surface area contributed by atoms with E-state index in [9.17, 15) is 38.7 Å². The van der Waals surface area contributed by atoms with Gasteiger partial charge in [-0.2, -0.15) is 0 Å². The van der Waals surface area contributed by atoms with E-state index >= 15 is 9.59 Å². The number of rotatable bonds is 13. The molecule has 4 N–H and O–H groups in total. The zero-order valence-corrected chi connectivity index (χ0v) is 51.7. The lowest BCUT2D eigenvalue weighted by Gasteiger charge is -2.39. The second-order valence-electron chi connectivity index (χ2n) is 23.8. The molecule has 0 aliphatic carbocycles. The number of likely N-dealkylation sites (N-methyl/N-ethyl adjacent to an activating group) is 4. The van der Waals surface area contributed by atoms with Crippen LogP contribution in [0, 0.1) is 29.6 Å². The number of carbonyl (C=O) groups excluding carboxylic acids is 9. The number of aliphatic hydroxyl groups is 1. The van der Waals surface area contributed by atoms with Gasteiger partial charge in [0.25, 0.3) is 5.91 Å². The van der Waals surface area contributed by atoms with Crippen LogP contribution in [0.15, 0.2) is 59.1 Å². The Kier molecular flexibility index (Phi) is 24.3. The number of carbonyl (C=O) groups is 9. The lowest BCUT2D eigenvalue weighted by atomic mass is 9.93. The fraction of sp³-hybridized carbons (Fsp3) is 0.650. The largest absolute Gasteiger partial charge is 0.450 e. The van der Waals surface area contributed by atoms with Crippen molar-refractivity contribution in [2.45, 2.75) is 188 Å². The van der Waals surface area contributed by atoms with E-state index in [-0.39, 0.29) is 38.1 Å². The van der Waals surface area contributed by atoms with Crippen molar-refractivity contribution >= 4 is 69.2 Å². The van der Waals surface area contributed by atoms with Gasteiger partial charge in [0.15, 0.2) is 12.1 Å². The van der Waals surface area contributed by atoms with Crippen LogP contribution in [-0.4, -0.2) is 178 Å². The molecule has 0 bridgehead atoms. The van der Waals surface area contributed by atoms with Gasteiger partial charge in [-0.1, -0.05) is 134 Å². The van der Waals surface area contributed by atoms with E-state index in [1.165, 1.54) is 61.6 Å². The van der Waals surface area contributed by atoms with Crippen molar-refractivity contribution in [3.05, 3.63) is 70.2 Å². The van der Waals surface area contributed by atoms with Gasteiger partial charge < -0.3 is 50.3 Å². The molecule has 2 aromatic carbocycles. The molecule has 2 fully saturated rings. The van der Waals surface area contributed by atoms with Gasteiger partial charge >= 0.3 is 5.97 Å². The standard InChI is InChI=1S/C60H91BrN8O11/c1-17-37(9)46-57(76)66(14)47(35(5)6)52(71)62-42(30-34(3)4)55(74)68(16)50(60(11,12)79)59(78)80-49(38(10)18-2)58(77)67(15)48(36(7)8)53(72)63-43(32-39-24-20-19-21-25-39)54(73)65(13)45(33-40-26-22-27-41(61)31-40)56(75)69-29-23-28-44(69)51(70)64-46/h19-22,24-27,31,34-38,42-50,79H,17-18,23,28-30,32-33H2,1-16H3,(H,62,71)(H,63,72)(H,64,70)/t37-,38-,42-,43-,44-,45-,46-,47-,48-,49+,50+/m0/s1. The lowest BCUT2D eigenvalue weighted by molar-refractivity contribution is -0.177. The number of esters is 1. The topological polar surface area (TPSA) is 235 Å². The minimum absolute atomic E-state index is 0.0151. The number of fused-ring (bicyclic) bond motifs is 1. The summed E-state index contributed by atoms with van der Waals surface area (Å²) in [6, 6.07) is 6.18. The van der Waals surface area contributed by atoms with Gasteiger partial charge in [0.1, 0.15) is 42.3 Å². The summed E-state index contributed by atoms with van der Waals surface area (Å²) < 4.78 is 6.83. The summed E-state index contributed by atoms with van der Waals surface area (Å²) in [6.45, 7) is 20.6. The number of cyclic esters (lactones) is 1. The molecule has 444 valence electrons. The van der Waals surface area contributed by atoms with E-state index in [1.807, 2.05) is 51.1 Å². The third-order valence-electron chi connectivity index (χ3n) is 15.9. The van der Waals surface area contributed by atoms with Crippen LogP contribution in [0.5, 0.6) is 0 Å². The van der Waals surface area contributed by atoms with E-state index in [1.54, 1.807) is 72.7 Å². The molecule has 4 rings (SSSR count). The normalized spacial score (nSPS) is 26.3. The molecule has 0 spiro atoms. The van der Waals surface area contributed by atoms with E-state index in [4.69, 9.17) is 4.74 Å². The summed E-state index contributed by atoms with van der Waals surface area (Å²) in [5.41, 5.74) is -0.591. The highest BCUT2D eigenvalue weighted by molar-refractivity contribution is 9.10. The summed E-state index contributed by atoms with van der Waals surface area (Å²) in [4.78, 5) is 141. The number of nitrogens with one attached hydrogen (secondary N) is 3. The summed E-state index contributed by atoms with van der Waals surface area (Å²) in [5, 5.41) is 20.5. The Morgan fingerprint density at radius 3 is 1.69 bits per heavy atom. The Morgan fingerprint density at radius 1 is 0.625 bits per heavy atom. The van der Waals surface area contributed by atoms with E-state index in [0.717, 1.165) is 9.37 Å². The highest BCUT2D eigenvalue weighted by Crippen LogP contribution is 2.28. The van der Waals surface area contributed by atoms with Crippen molar-refractivity contribution in [3.63, 3.8) is 0 Å². The summed E-state index contributed by atoms with van der Waals surface area (Å²) in [7, 11) is 5.66. The monoisotopic (exact) mass is 1180 g/mol. The molecule has 2 aromatic rings. The Bertz CT molecular complexity index is 2500. The van der Waals surface area contributed by atoms with Gasteiger partial charge in [0.2, 0.25) is 41.4 Å². The highest BCUT2D eigenvalue weighted by Gasteiger charge is 2.48. The Morgan fingerprint density at radius 2 is 1.16 bits per heavy atom. The maximum Gasteiger partial charge on any atom is 0.332 e. The van der Waals surface area contributed by atoms with Crippen molar-refractivity contribution in [1.29, 1.82) is 0 Å². The molecule has 11 atom stereocenters. The van der Waals surface area contributed by atoms with Crippen LogP contribution in [0.3, 0.4) is 0 Å². The maximum absolute atomic E-state index is 15.4. The molecule has 19 nitrogen and oxygen atoms in total. The summed E-state index contributed by atoms with van der Waals surface area (Å²) >= 11 is 3.54. The van der Waals surface area contributed by atoms with Gasteiger partial charge in [0, 0.05) is 58.0 Å². The zero-order valence-electron chi connectivity index (χ0n) is 50.1. The number of benzene rings is 2. The van der Waals surface area contributed by atoms with Gasteiger partial charge in [-0.05, 0) is 86.5 Å². The van der Waals surface area contributed by atoms with Crippen LogP contribution in [0.4, 0.5) is 0 Å². The average molecular weight is 1180 g/mol. The number of halogens is 1. The Balaban J connectivity index is 1.99. The van der Waals surface area contributed by atoms with Gasteiger partial charge in [-0.3, -0.25) is 38.4 Å². The Labute approximate surface area is 483 Å². The number of hydrogen-bond acceptors (Lipinski definition) is 11. The van der Waals surface area contributed by atoms with Crippen LogP contribution in [0.1, 0.15) is 126 Å². The van der Waals surface area contributed by atoms with Crippen molar-refractivity contribution in [2.24, 2.45) is 29.6 Å². The average Bonchev–Trinajstić information content (AvgIpc) is 3.90. The number of ether oxygens (including phenoxy) is 1. The molecule has 20 heteroatoms. The summed E-state index contributed by atoms with van der Waals surface area (Å²) in [6.07, 6.45) is 0.0321. The first kappa shape index (κ1) is 66.6. The van der Waals surface area contributed by atoms with Crippen LogP contribution in [0.2, 0.25) is 0 Å². The zero-order chi connectivity index (χ0) is 60.2. The molecule has 0 aromatic heterocycles. The second kappa shape index (κ2) is 29.2. The van der Waals surface area contributed by atoms with Gasteiger partial charge in [-0.25, -0.2) is 4.79 Å². The molecule has 0 saturated carbocycles. The van der Waals surface area contributed by atoms with Crippen molar-refractivity contribution in [1.82, 2.24) is 40.4 Å². The smallest absolute Gasteiger partial charge is 0.332 e. The first-order valence-corrected chi connectivity index (χ1v) is 29.2. The van der Waals surface area contributed by atoms with Crippen molar-refractivity contribution in [3.8, 4) is 0 Å². The molecule has 80 heavy (non-hydrogen) atoms. The first-order chi connectivity index (χ1) is 37.4. The fourth-order valence-corrected chi connectivity index (χ4v) is 11.5. The molecular weight excluding hydrogens is 1090 g/mol. The number of nitrogens with zero attached hydrogens (tertiary/aromatic N) is 5. The maximum atomic E-state index is 15.4. The lowest BCUT2D eigenvalue weighted by Crippen LogP contribution is -2.63. The predicted molar refractivity (Wildman–Crippen MR) is 309 cm³/mol. The molecule has 0 unspecified atom stereocenters. The fourth-order valence-electron chi connectivity index (χ4n) is 11.0. The van der Waals surface area contributed by atoms with E-state index < -0.39 is 137 Å². The van der Waals surface area contributed by atoms with E-state index in [0.29, 0.717) is 30.4 Å². The quantitative estimate of drug-likeness (QED) is 0.192. The van der Waals surface area contributed by atoms with Crippen LogP contribution >= 0.6 is 15.9 Å². The molecule has 2 saturated heterocycles. The molecule has 2 aliphatic heterocycles. The third kappa shape index (κ3) is 16.6. The molecule has 8 amide bonds. The van der Waals surface area contributed by atoms with E-state index in [2.05, 4.69) is 31.9 Å². The van der Waals surface area contributed by atoms with Crippen molar-refractivity contribution < 1.29 is 53.0 Å². The number of amides is 8. The minimum Gasteiger partial charge on any atom is -0.450 e. The number of hydrogen-bond donors (Lipinski definition) is 4. The van der Waals surface area contributed by atoms with Crippen molar-refractivity contribution in [2.75, 3.05) is 34.7 Å². The molecule has 2 aliphatic rings. The van der Waals surface area contributed by atoms with Crippen LogP contribution in [0.25, 0.3) is 0 Å². The highest BCUT2D eigenvalue weighted by atomic mass is 79.9. The predicted octanol–water partition coefficient (Wildman–Crippen LogP) is 5.13. The second-order valence-corrected chi connectivity index (χ2v) is 24.7. The summed E-state index contributed by atoms with van der Waals surface area (Å²) in [5.74, 6) is -8.72. The SMILES string of the molecule is CC[C@H](C)[C@@H]1NC(=O)[C@@H]2CCCN2C(=O)[C@H](Cc2cccc(Br)c2)N(C)C(=O)[C@H](Cc2ccccc2)NC(=O)[C@H](C(C)C)N(C)C(=O)[C@@H]([C@@H](C)CC)OC(=O)[C@H](C(C)(C)O)N(C)C(=O)[C@H](CC(C)C)NC(=O)[C@H](C(C)C)N(C)C1=O. The van der Waals surface area contributed by atoms with Crippen LogP contribution < -0.4 is 16.0 Å². The first-order valence-electron chi connectivity index (χ1n) is 28.4. The molecular formula is C60H91BrN8O11.